The van der Waals surface area contributed by atoms with E-state index in [9.17, 15) is 28.8 Å². The van der Waals surface area contributed by atoms with Crippen molar-refractivity contribution in [3.05, 3.63) is 0 Å². The molecule has 2 unspecified atom stereocenters. The van der Waals surface area contributed by atoms with Gasteiger partial charge in [-0.05, 0) is 6.42 Å². The van der Waals surface area contributed by atoms with Crippen LogP contribution in [0.5, 0.6) is 0 Å². The Morgan fingerprint density at radius 1 is 0.885 bits per heavy atom. The highest BCUT2D eigenvalue weighted by atomic mass is 16.4. The Balaban J connectivity index is 4.66. The molecular weight excluding hydrogens is 354 g/mol. The number of carbonyl (C=O) groups is 6. The average Bonchev–Trinajstić information content (AvgIpc) is 2.54. The van der Waals surface area contributed by atoms with Crippen LogP contribution in [0.25, 0.3) is 0 Å². The van der Waals surface area contributed by atoms with E-state index in [1.807, 2.05) is 5.32 Å². The van der Waals surface area contributed by atoms with Crippen molar-refractivity contribution in [1.29, 1.82) is 0 Å². The van der Waals surface area contributed by atoms with Crippen molar-refractivity contribution < 1.29 is 39.0 Å². The summed E-state index contributed by atoms with van der Waals surface area (Å²) >= 11 is 0. The van der Waals surface area contributed by atoms with Crippen LogP contribution in [-0.4, -0.2) is 71.0 Å². The summed E-state index contributed by atoms with van der Waals surface area (Å²) in [6.07, 6.45) is -1.14. The summed E-state index contributed by atoms with van der Waals surface area (Å²) in [7, 11) is 0. The number of hydrogen-bond donors (Lipinski definition) is 7. The largest absolute Gasteiger partial charge is 0.481 e. The number of carboxylic acid groups (broad SMARTS) is 2. The van der Waals surface area contributed by atoms with E-state index in [4.69, 9.17) is 21.7 Å². The number of carbonyl (C=O) groups excluding carboxylic acids is 4. The smallest absolute Gasteiger partial charge is 0.322 e. The van der Waals surface area contributed by atoms with Crippen LogP contribution >= 0.6 is 0 Å². The molecular formula is C13H21N5O8. The van der Waals surface area contributed by atoms with Crippen molar-refractivity contribution in [1.82, 2.24) is 16.0 Å². The Morgan fingerprint density at radius 2 is 1.50 bits per heavy atom. The van der Waals surface area contributed by atoms with Crippen molar-refractivity contribution in [2.45, 2.75) is 31.3 Å². The maximum atomic E-state index is 12.0. The van der Waals surface area contributed by atoms with Gasteiger partial charge in [0.05, 0.1) is 19.0 Å². The number of nitrogens with two attached hydrogens (primary N) is 2. The molecule has 13 nitrogen and oxygen atoms in total. The summed E-state index contributed by atoms with van der Waals surface area (Å²) in [5, 5.41) is 23.2. The van der Waals surface area contributed by atoms with Gasteiger partial charge in [-0.1, -0.05) is 0 Å². The fourth-order valence-corrected chi connectivity index (χ4v) is 1.63. The predicted octanol–water partition coefficient (Wildman–Crippen LogP) is -4.14. The van der Waals surface area contributed by atoms with Crippen LogP contribution in [0.1, 0.15) is 19.3 Å². The minimum atomic E-state index is -1.43. The van der Waals surface area contributed by atoms with Crippen LogP contribution in [0.2, 0.25) is 0 Å². The number of aliphatic carboxylic acids is 2. The topological polar surface area (TPSA) is 231 Å². The third kappa shape index (κ3) is 10.5. The first-order chi connectivity index (χ1) is 12.0. The molecule has 4 amide bonds. The van der Waals surface area contributed by atoms with E-state index < -0.39 is 67.2 Å². The van der Waals surface area contributed by atoms with Gasteiger partial charge in [-0.25, -0.2) is 0 Å². The molecule has 26 heavy (non-hydrogen) atoms. The molecule has 0 aliphatic heterocycles. The zero-order chi connectivity index (χ0) is 20.3. The maximum absolute atomic E-state index is 12.0. The van der Waals surface area contributed by atoms with Crippen LogP contribution in [0.4, 0.5) is 0 Å². The SMILES string of the molecule is NC(=O)CC(NC(=O)C(N)CCC(=O)O)C(=O)NCC(=O)NCC(=O)O. The number of rotatable bonds is 12. The molecule has 0 aliphatic rings. The highest BCUT2D eigenvalue weighted by molar-refractivity contribution is 5.94. The zero-order valence-electron chi connectivity index (χ0n) is 13.7. The van der Waals surface area contributed by atoms with Crippen LogP contribution in [-0.2, 0) is 28.8 Å². The quantitative estimate of drug-likeness (QED) is 0.175. The van der Waals surface area contributed by atoms with Crippen molar-refractivity contribution in [3.63, 3.8) is 0 Å². The number of nitrogens with one attached hydrogen (secondary N) is 3. The lowest BCUT2D eigenvalue weighted by Crippen LogP contribution is -2.54. The number of primary amides is 1. The molecule has 0 radical (unpaired) electrons. The van der Waals surface area contributed by atoms with E-state index in [0.717, 1.165) is 0 Å². The predicted molar refractivity (Wildman–Crippen MR) is 84.2 cm³/mol. The summed E-state index contributed by atoms with van der Waals surface area (Å²) in [6.45, 7) is -1.24. The van der Waals surface area contributed by atoms with Gasteiger partial charge >= 0.3 is 11.9 Å². The average molecular weight is 375 g/mol. The van der Waals surface area contributed by atoms with Crippen LogP contribution in [0, 0.1) is 0 Å². The fourth-order valence-electron chi connectivity index (χ4n) is 1.63. The second kappa shape index (κ2) is 11.4. The van der Waals surface area contributed by atoms with Gasteiger partial charge in [0.2, 0.25) is 23.6 Å². The molecule has 0 saturated heterocycles. The van der Waals surface area contributed by atoms with Crippen LogP contribution in [0.15, 0.2) is 0 Å². The molecule has 0 rings (SSSR count). The molecule has 2 atom stereocenters. The fraction of sp³-hybridized carbons (Fsp3) is 0.538. The lowest BCUT2D eigenvalue weighted by atomic mass is 10.1. The normalized spacial score (nSPS) is 12.3. The van der Waals surface area contributed by atoms with Gasteiger partial charge < -0.3 is 37.6 Å². The molecule has 0 aliphatic carbocycles. The van der Waals surface area contributed by atoms with Crippen molar-refractivity contribution in [2.24, 2.45) is 11.5 Å². The van der Waals surface area contributed by atoms with Crippen molar-refractivity contribution in [3.8, 4) is 0 Å². The lowest BCUT2D eigenvalue weighted by molar-refractivity contribution is -0.138. The van der Waals surface area contributed by atoms with Crippen molar-refractivity contribution in [2.75, 3.05) is 13.1 Å². The molecule has 0 spiro atoms. The zero-order valence-corrected chi connectivity index (χ0v) is 13.7. The van der Waals surface area contributed by atoms with Gasteiger partial charge in [-0.15, -0.1) is 0 Å². The molecule has 0 aromatic carbocycles. The summed E-state index contributed by atoms with van der Waals surface area (Å²) in [6, 6.07) is -2.66. The first-order valence-electron chi connectivity index (χ1n) is 7.35. The third-order valence-corrected chi connectivity index (χ3v) is 2.90. The molecule has 0 aromatic heterocycles. The number of carboxylic acids is 2. The molecule has 0 fully saturated rings. The summed E-state index contributed by atoms with van der Waals surface area (Å²) in [5.74, 6) is -5.95. The summed E-state index contributed by atoms with van der Waals surface area (Å²) < 4.78 is 0. The molecule has 13 heteroatoms. The Bertz CT molecular complexity index is 579. The Kier molecular flexibility index (Phi) is 9.95. The third-order valence-electron chi connectivity index (χ3n) is 2.90. The Morgan fingerprint density at radius 3 is 2.00 bits per heavy atom. The van der Waals surface area contributed by atoms with E-state index >= 15 is 0 Å². The van der Waals surface area contributed by atoms with Gasteiger partial charge in [0.15, 0.2) is 0 Å². The molecule has 146 valence electrons. The van der Waals surface area contributed by atoms with Crippen molar-refractivity contribution >= 4 is 35.6 Å². The van der Waals surface area contributed by atoms with E-state index in [2.05, 4.69) is 10.6 Å². The summed E-state index contributed by atoms with van der Waals surface area (Å²) in [5.41, 5.74) is 10.5. The molecule has 0 saturated carbocycles. The Labute approximate surface area is 147 Å². The van der Waals surface area contributed by atoms with Gasteiger partial charge in [-0.2, -0.15) is 0 Å². The molecule has 0 heterocycles. The standard InChI is InChI=1S/C13H21N5O8/c14-6(1-2-10(21)22)12(25)18-7(3-8(15)19)13(26)17-4-9(20)16-5-11(23)24/h6-7H,1-5,14H2,(H2,15,19)(H,16,20)(H,17,26)(H,18,25)(H,21,22)(H,23,24). The van der Waals surface area contributed by atoms with Gasteiger partial charge in [0, 0.05) is 6.42 Å². The second-order valence-electron chi connectivity index (χ2n) is 5.16. The van der Waals surface area contributed by atoms with Gasteiger partial charge in [0.25, 0.3) is 0 Å². The van der Waals surface area contributed by atoms with Gasteiger partial charge in [-0.3, -0.25) is 28.8 Å². The second-order valence-corrected chi connectivity index (χ2v) is 5.16. The lowest BCUT2D eigenvalue weighted by Gasteiger charge is -2.19. The number of hydrogen-bond acceptors (Lipinski definition) is 7. The maximum Gasteiger partial charge on any atom is 0.322 e. The van der Waals surface area contributed by atoms with E-state index in [1.54, 1.807) is 0 Å². The van der Waals surface area contributed by atoms with Gasteiger partial charge in [0.1, 0.15) is 12.6 Å². The molecule has 0 bridgehead atoms. The first-order valence-corrected chi connectivity index (χ1v) is 7.35. The molecule has 0 aromatic rings. The van der Waals surface area contributed by atoms with E-state index in [0.29, 0.717) is 0 Å². The molecule has 9 N–H and O–H groups in total. The van der Waals surface area contributed by atoms with Crippen LogP contribution < -0.4 is 27.4 Å². The van der Waals surface area contributed by atoms with E-state index in [1.165, 1.54) is 0 Å². The number of amides is 4. The highest BCUT2D eigenvalue weighted by Gasteiger charge is 2.26. The van der Waals surface area contributed by atoms with E-state index in [-0.39, 0.29) is 12.8 Å². The van der Waals surface area contributed by atoms with Crippen LogP contribution in [0.3, 0.4) is 0 Å². The monoisotopic (exact) mass is 375 g/mol. The Hall–Kier alpha value is -3.22. The first kappa shape index (κ1) is 22.8. The minimum Gasteiger partial charge on any atom is -0.481 e. The minimum absolute atomic E-state index is 0.191. The highest BCUT2D eigenvalue weighted by Crippen LogP contribution is 1.98. The summed E-state index contributed by atoms with van der Waals surface area (Å²) in [4.78, 5) is 67.0.